The Balaban J connectivity index is 2.24. The predicted octanol–water partition coefficient (Wildman–Crippen LogP) is 3.46. The fourth-order valence-corrected chi connectivity index (χ4v) is 3.02. The lowest BCUT2D eigenvalue weighted by molar-refractivity contribution is 0.381. The molecular weight excluding hydrogens is 229 g/mol. The van der Waals surface area contributed by atoms with Crippen molar-refractivity contribution in [2.45, 2.75) is 38.0 Å². The van der Waals surface area contributed by atoms with Gasteiger partial charge in [-0.1, -0.05) is 25.3 Å². The zero-order valence-electron chi connectivity index (χ0n) is 11.0. The molecule has 1 aliphatic carbocycles. The molecule has 1 aromatic carbocycles. The molecule has 0 saturated heterocycles. The van der Waals surface area contributed by atoms with Crippen molar-refractivity contribution in [2.24, 2.45) is 11.7 Å². The van der Waals surface area contributed by atoms with E-state index in [4.69, 9.17) is 10.5 Å². The topological polar surface area (TPSA) is 35.2 Å². The molecule has 2 nitrogen and oxygen atoms in total. The monoisotopic (exact) mass is 251 g/mol. The lowest BCUT2D eigenvalue weighted by Gasteiger charge is -2.24. The van der Waals surface area contributed by atoms with E-state index in [1.807, 2.05) is 6.07 Å². The van der Waals surface area contributed by atoms with Crippen molar-refractivity contribution in [3.8, 4) is 5.75 Å². The number of ether oxygens (including phenoxy) is 1. The van der Waals surface area contributed by atoms with E-state index in [1.165, 1.54) is 26.4 Å². The number of hydrogen-bond acceptors (Lipinski definition) is 2. The fourth-order valence-electron chi connectivity index (χ4n) is 3.02. The summed E-state index contributed by atoms with van der Waals surface area (Å²) in [6.45, 7) is 0.693. The number of hydrogen-bond donors (Lipinski definition) is 1. The number of rotatable bonds is 3. The average Bonchev–Trinajstić information content (AvgIpc) is 2.63. The van der Waals surface area contributed by atoms with Crippen LogP contribution in [0.25, 0.3) is 0 Å². The summed E-state index contributed by atoms with van der Waals surface area (Å²) >= 11 is 0. The van der Waals surface area contributed by atoms with E-state index in [0.29, 0.717) is 24.1 Å². The molecule has 0 aliphatic heterocycles. The molecule has 0 spiro atoms. The van der Waals surface area contributed by atoms with Gasteiger partial charge < -0.3 is 10.5 Å². The molecule has 2 unspecified atom stereocenters. The van der Waals surface area contributed by atoms with Crippen LogP contribution in [0.2, 0.25) is 0 Å². The summed E-state index contributed by atoms with van der Waals surface area (Å²) in [5, 5.41) is 0. The van der Waals surface area contributed by atoms with Gasteiger partial charge in [0.1, 0.15) is 0 Å². The Morgan fingerprint density at radius 1 is 1.28 bits per heavy atom. The standard InChI is InChI=1S/C15H22FNO/c1-18-15-8-7-11(9-14(15)16)13-6-4-2-3-5-12(13)10-17/h7-9,12-13H,2-6,10,17H2,1H3. The minimum Gasteiger partial charge on any atom is -0.494 e. The van der Waals surface area contributed by atoms with Gasteiger partial charge in [0.05, 0.1) is 7.11 Å². The Labute approximate surface area is 108 Å². The van der Waals surface area contributed by atoms with Crippen LogP contribution in [0.3, 0.4) is 0 Å². The van der Waals surface area contributed by atoms with E-state index in [0.717, 1.165) is 18.4 Å². The van der Waals surface area contributed by atoms with Crippen LogP contribution in [-0.4, -0.2) is 13.7 Å². The molecule has 1 saturated carbocycles. The van der Waals surface area contributed by atoms with Crippen LogP contribution in [-0.2, 0) is 0 Å². The molecule has 1 aliphatic rings. The minimum atomic E-state index is -0.269. The molecule has 18 heavy (non-hydrogen) atoms. The average molecular weight is 251 g/mol. The zero-order valence-corrected chi connectivity index (χ0v) is 11.0. The molecule has 1 aromatic rings. The molecule has 2 N–H and O–H groups in total. The van der Waals surface area contributed by atoms with Crippen molar-refractivity contribution < 1.29 is 9.13 Å². The second-order valence-corrected chi connectivity index (χ2v) is 5.13. The molecule has 1 fully saturated rings. The number of methoxy groups -OCH3 is 1. The molecule has 0 bridgehead atoms. The molecule has 3 heteroatoms. The van der Waals surface area contributed by atoms with Crippen LogP contribution < -0.4 is 10.5 Å². The SMILES string of the molecule is COc1ccc(C2CCCCCC2CN)cc1F. The maximum Gasteiger partial charge on any atom is 0.165 e. The molecule has 0 heterocycles. The zero-order chi connectivity index (χ0) is 13.0. The maximum atomic E-state index is 13.8. The first-order valence-electron chi connectivity index (χ1n) is 6.79. The third-order valence-electron chi connectivity index (χ3n) is 4.07. The van der Waals surface area contributed by atoms with Crippen LogP contribution in [0.15, 0.2) is 18.2 Å². The summed E-state index contributed by atoms with van der Waals surface area (Å²) in [5.41, 5.74) is 6.95. The summed E-state index contributed by atoms with van der Waals surface area (Å²) in [6, 6.07) is 5.33. The first-order chi connectivity index (χ1) is 8.76. The van der Waals surface area contributed by atoms with Crippen molar-refractivity contribution in [1.82, 2.24) is 0 Å². The van der Waals surface area contributed by atoms with E-state index < -0.39 is 0 Å². The van der Waals surface area contributed by atoms with Gasteiger partial charge in [-0.25, -0.2) is 4.39 Å². The molecule has 2 rings (SSSR count). The Morgan fingerprint density at radius 3 is 2.72 bits per heavy atom. The molecule has 0 aromatic heterocycles. The second kappa shape index (κ2) is 6.19. The molecule has 2 atom stereocenters. The molecule has 100 valence electrons. The van der Waals surface area contributed by atoms with E-state index in [1.54, 1.807) is 12.1 Å². The maximum absolute atomic E-state index is 13.8. The number of benzene rings is 1. The Kier molecular flexibility index (Phi) is 4.59. The molecule has 0 amide bonds. The van der Waals surface area contributed by atoms with Gasteiger partial charge in [-0.2, -0.15) is 0 Å². The Morgan fingerprint density at radius 2 is 2.06 bits per heavy atom. The van der Waals surface area contributed by atoms with Crippen LogP contribution >= 0.6 is 0 Å². The number of halogens is 1. The quantitative estimate of drug-likeness (QED) is 0.835. The van der Waals surface area contributed by atoms with E-state index in [2.05, 4.69) is 0 Å². The van der Waals surface area contributed by atoms with E-state index in [9.17, 15) is 4.39 Å². The first kappa shape index (κ1) is 13.3. The molecule has 0 radical (unpaired) electrons. The first-order valence-corrected chi connectivity index (χ1v) is 6.79. The highest BCUT2D eigenvalue weighted by Gasteiger charge is 2.24. The van der Waals surface area contributed by atoms with Crippen LogP contribution in [0, 0.1) is 11.7 Å². The Hall–Kier alpha value is -1.09. The summed E-state index contributed by atoms with van der Waals surface area (Å²) in [7, 11) is 1.49. The highest BCUT2D eigenvalue weighted by Crippen LogP contribution is 2.37. The lowest BCUT2D eigenvalue weighted by Crippen LogP contribution is -2.21. The van der Waals surface area contributed by atoms with Crippen LogP contribution in [0.5, 0.6) is 5.75 Å². The van der Waals surface area contributed by atoms with Crippen LogP contribution in [0.4, 0.5) is 4.39 Å². The van der Waals surface area contributed by atoms with E-state index in [-0.39, 0.29) is 5.82 Å². The summed E-state index contributed by atoms with van der Waals surface area (Å²) in [6.07, 6.45) is 6.01. The Bertz CT molecular complexity index is 394. The third kappa shape index (κ3) is 2.83. The summed E-state index contributed by atoms with van der Waals surface area (Å²) in [5.74, 6) is 0.935. The summed E-state index contributed by atoms with van der Waals surface area (Å²) in [4.78, 5) is 0. The van der Waals surface area contributed by atoms with Crippen molar-refractivity contribution >= 4 is 0 Å². The molecular formula is C15H22FNO. The summed E-state index contributed by atoms with van der Waals surface area (Å²) < 4.78 is 18.7. The second-order valence-electron chi connectivity index (χ2n) is 5.13. The van der Waals surface area contributed by atoms with Gasteiger partial charge >= 0.3 is 0 Å². The van der Waals surface area contributed by atoms with Crippen molar-refractivity contribution in [3.05, 3.63) is 29.6 Å². The third-order valence-corrected chi connectivity index (χ3v) is 4.07. The normalized spacial score (nSPS) is 24.6. The van der Waals surface area contributed by atoms with Gasteiger partial charge in [0, 0.05) is 0 Å². The lowest BCUT2D eigenvalue weighted by atomic mass is 9.82. The van der Waals surface area contributed by atoms with E-state index >= 15 is 0 Å². The van der Waals surface area contributed by atoms with Gasteiger partial charge in [-0.3, -0.25) is 0 Å². The van der Waals surface area contributed by atoms with Gasteiger partial charge in [0.2, 0.25) is 0 Å². The fraction of sp³-hybridized carbons (Fsp3) is 0.600. The van der Waals surface area contributed by atoms with Gasteiger partial charge in [-0.15, -0.1) is 0 Å². The highest BCUT2D eigenvalue weighted by atomic mass is 19.1. The smallest absolute Gasteiger partial charge is 0.165 e. The van der Waals surface area contributed by atoms with Crippen molar-refractivity contribution in [3.63, 3.8) is 0 Å². The van der Waals surface area contributed by atoms with Crippen molar-refractivity contribution in [1.29, 1.82) is 0 Å². The van der Waals surface area contributed by atoms with Crippen LogP contribution in [0.1, 0.15) is 43.6 Å². The van der Waals surface area contributed by atoms with Gasteiger partial charge in [0.25, 0.3) is 0 Å². The minimum absolute atomic E-state index is 0.269. The largest absolute Gasteiger partial charge is 0.494 e. The van der Waals surface area contributed by atoms with Crippen molar-refractivity contribution in [2.75, 3.05) is 13.7 Å². The predicted molar refractivity (Wildman–Crippen MR) is 71.3 cm³/mol. The number of nitrogens with two attached hydrogens (primary N) is 1. The van der Waals surface area contributed by atoms with Gasteiger partial charge in [0.15, 0.2) is 11.6 Å². The highest BCUT2D eigenvalue weighted by molar-refractivity contribution is 5.31. The van der Waals surface area contributed by atoms with Gasteiger partial charge in [-0.05, 0) is 48.9 Å².